The maximum absolute atomic E-state index is 16.0. The van der Waals surface area contributed by atoms with Gasteiger partial charge in [-0.15, -0.1) is 0 Å². The first-order valence-electron chi connectivity index (χ1n) is 18.6. The van der Waals surface area contributed by atoms with Gasteiger partial charge in [0.15, 0.2) is 0 Å². The number of benzene rings is 4. The van der Waals surface area contributed by atoms with Crippen LogP contribution in [0.2, 0.25) is 0 Å². The highest BCUT2D eigenvalue weighted by Crippen LogP contribution is 2.51. The van der Waals surface area contributed by atoms with Gasteiger partial charge in [0, 0.05) is 22.6 Å². The van der Waals surface area contributed by atoms with Crippen LogP contribution in [0.4, 0.5) is 18.9 Å². The standard InChI is InChI=1S/C44H47F3N2O5/c1-29-20-34(16-17-39(29)54-44(46,47)33-14-15-33)43(18-19-43)41(51)48-37-21-32-22-40(42(2,3)28-53-26-31-12-8-5-9-13-31)49(38(32)23-36(37)45)24-35(50)27-52-25-30-10-6-4-7-11-30/h4-13,16-17,20-23,33,35,50H,14-15,18-19,24-28H2,1-3H3,(H,48,51)/t35-/m1/s1. The molecule has 0 aliphatic heterocycles. The highest BCUT2D eigenvalue weighted by atomic mass is 19.3. The number of hydrogen-bond acceptors (Lipinski definition) is 5. The molecule has 2 fully saturated rings. The number of nitrogens with one attached hydrogen (secondary N) is 1. The van der Waals surface area contributed by atoms with Gasteiger partial charge in [-0.05, 0) is 73.1 Å². The van der Waals surface area contributed by atoms with Crippen molar-refractivity contribution in [2.24, 2.45) is 5.92 Å². The van der Waals surface area contributed by atoms with Gasteiger partial charge >= 0.3 is 6.11 Å². The van der Waals surface area contributed by atoms with Gasteiger partial charge in [-0.25, -0.2) is 4.39 Å². The number of halogens is 3. The predicted octanol–water partition coefficient (Wildman–Crippen LogP) is 9.21. The van der Waals surface area contributed by atoms with Crippen LogP contribution in [0.25, 0.3) is 10.9 Å². The summed E-state index contributed by atoms with van der Waals surface area (Å²) in [5.41, 5.74) is 3.21. The predicted molar refractivity (Wildman–Crippen MR) is 202 cm³/mol. The van der Waals surface area contributed by atoms with Gasteiger partial charge < -0.3 is 29.2 Å². The SMILES string of the molecule is Cc1cc(C2(C(=O)Nc3cc4cc(C(C)(C)COCc5ccccc5)n(C[C@@H](O)COCc5ccccc5)c4cc3F)CC2)ccc1OC(F)(F)C1CC1. The lowest BCUT2D eigenvalue weighted by atomic mass is 9.90. The minimum atomic E-state index is -3.23. The van der Waals surface area contributed by atoms with Crippen molar-refractivity contribution >= 4 is 22.5 Å². The summed E-state index contributed by atoms with van der Waals surface area (Å²) >= 11 is 0. The van der Waals surface area contributed by atoms with Crippen molar-refractivity contribution in [3.63, 3.8) is 0 Å². The van der Waals surface area contributed by atoms with Crippen molar-refractivity contribution < 1.29 is 37.3 Å². The van der Waals surface area contributed by atoms with Crippen LogP contribution in [0.5, 0.6) is 5.75 Å². The maximum Gasteiger partial charge on any atom is 0.400 e. The molecule has 2 N–H and O–H groups in total. The number of alkyl halides is 2. The Morgan fingerprint density at radius 2 is 1.57 bits per heavy atom. The van der Waals surface area contributed by atoms with Gasteiger partial charge in [-0.3, -0.25) is 4.79 Å². The summed E-state index contributed by atoms with van der Waals surface area (Å²) in [4.78, 5) is 13.8. The summed E-state index contributed by atoms with van der Waals surface area (Å²) in [6.45, 7) is 7.13. The third-order valence-electron chi connectivity index (χ3n) is 10.5. The number of rotatable bonds is 17. The van der Waals surface area contributed by atoms with E-state index in [0.29, 0.717) is 67.5 Å². The smallest absolute Gasteiger partial charge is 0.400 e. The molecule has 1 amide bonds. The minimum absolute atomic E-state index is 0.0353. The van der Waals surface area contributed by atoms with Crippen LogP contribution in [0.15, 0.2) is 97.1 Å². The number of fused-ring (bicyclic) bond motifs is 1. The van der Waals surface area contributed by atoms with E-state index in [9.17, 15) is 18.7 Å². The van der Waals surface area contributed by atoms with Crippen molar-refractivity contribution in [3.05, 3.63) is 131 Å². The Bertz CT molecular complexity index is 2090. The fourth-order valence-corrected chi connectivity index (χ4v) is 7.08. The number of nitrogens with zero attached hydrogens (tertiary/aromatic N) is 1. The Morgan fingerprint density at radius 3 is 2.19 bits per heavy atom. The molecule has 284 valence electrons. The van der Waals surface area contributed by atoms with E-state index in [2.05, 4.69) is 5.32 Å². The molecule has 0 saturated heterocycles. The van der Waals surface area contributed by atoms with E-state index in [1.807, 2.05) is 85.1 Å². The zero-order chi connectivity index (χ0) is 38.1. The van der Waals surface area contributed by atoms with Crippen molar-refractivity contribution in [1.82, 2.24) is 4.57 Å². The average Bonchev–Trinajstić information content (AvgIpc) is 4.08. The average molecular weight is 741 g/mol. The third kappa shape index (κ3) is 8.36. The number of aryl methyl sites for hydroxylation is 1. The number of hydrogen-bond donors (Lipinski definition) is 2. The lowest BCUT2D eigenvalue weighted by Gasteiger charge is -2.28. The van der Waals surface area contributed by atoms with Gasteiger partial charge in [0.2, 0.25) is 5.91 Å². The van der Waals surface area contributed by atoms with Crippen molar-refractivity contribution in [2.75, 3.05) is 18.5 Å². The molecule has 7 nitrogen and oxygen atoms in total. The summed E-state index contributed by atoms with van der Waals surface area (Å²) in [5, 5.41) is 14.7. The monoisotopic (exact) mass is 740 g/mol. The van der Waals surface area contributed by atoms with E-state index in [4.69, 9.17) is 14.2 Å². The van der Waals surface area contributed by atoms with Crippen LogP contribution in [-0.2, 0) is 44.9 Å². The Morgan fingerprint density at radius 1 is 0.926 bits per heavy atom. The van der Waals surface area contributed by atoms with Crippen molar-refractivity contribution in [3.8, 4) is 5.75 Å². The van der Waals surface area contributed by atoms with Crippen LogP contribution in [0.1, 0.15) is 67.5 Å². The van der Waals surface area contributed by atoms with Gasteiger partial charge in [0.05, 0.1) is 61.6 Å². The normalized spacial score (nSPS) is 16.0. The van der Waals surface area contributed by atoms with Crippen molar-refractivity contribution in [2.45, 2.75) is 89.3 Å². The molecule has 1 atom stereocenters. The quantitative estimate of drug-likeness (QED) is 0.0994. The van der Waals surface area contributed by atoms with Crippen LogP contribution in [-0.4, -0.2) is 41.0 Å². The number of aliphatic hydroxyl groups excluding tert-OH is 1. The van der Waals surface area contributed by atoms with E-state index >= 15 is 4.39 Å². The molecule has 4 aromatic carbocycles. The first kappa shape index (κ1) is 37.7. The first-order valence-corrected chi connectivity index (χ1v) is 18.6. The second-order valence-corrected chi connectivity index (χ2v) is 15.5. The Kier molecular flexibility index (Phi) is 10.6. The van der Waals surface area contributed by atoms with Gasteiger partial charge in [-0.2, -0.15) is 8.78 Å². The summed E-state index contributed by atoms with van der Waals surface area (Å²) in [6, 6.07) is 29.4. The molecule has 10 heteroatoms. The molecular weight excluding hydrogens is 693 g/mol. The zero-order valence-electron chi connectivity index (χ0n) is 30.9. The topological polar surface area (TPSA) is 82.0 Å². The number of aromatic nitrogens is 1. The molecule has 1 heterocycles. The molecule has 0 spiro atoms. The van der Waals surface area contributed by atoms with E-state index in [-0.39, 0.29) is 30.5 Å². The van der Waals surface area contributed by atoms with Crippen LogP contribution in [0.3, 0.4) is 0 Å². The Labute approximate surface area is 314 Å². The summed E-state index contributed by atoms with van der Waals surface area (Å²) in [6.07, 6.45) is -2.15. The van der Waals surface area contributed by atoms with E-state index < -0.39 is 34.8 Å². The molecule has 2 aliphatic carbocycles. The first-order chi connectivity index (χ1) is 25.8. The summed E-state index contributed by atoms with van der Waals surface area (Å²) < 4.78 is 63.8. The van der Waals surface area contributed by atoms with E-state index in [1.54, 1.807) is 25.1 Å². The Balaban J connectivity index is 1.11. The molecule has 0 unspecified atom stereocenters. The number of aliphatic hydroxyl groups is 1. The number of carbonyl (C=O) groups excluding carboxylic acids is 1. The number of anilines is 1. The summed E-state index contributed by atoms with van der Waals surface area (Å²) in [7, 11) is 0. The fraction of sp³-hybridized carbons (Fsp3) is 0.386. The molecule has 2 saturated carbocycles. The molecule has 7 rings (SSSR count). The molecule has 5 aromatic rings. The number of carbonyl (C=O) groups is 1. The Hall–Kier alpha value is -4.64. The molecular formula is C44H47F3N2O5. The second kappa shape index (κ2) is 15.2. The van der Waals surface area contributed by atoms with Crippen LogP contribution in [0, 0.1) is 18.7 Å². The fourth-order valence-electron chi connectivity index (χ4n) is 7.08. The van der Waals surface area contributed by atoms with Crippen LogP contribution >= 0.6 is 0 Å². The van der Waals surface area contributed by atoms with Gasteiger partial charge in [0.25, 0.3) is 0 Å². The molecule has 0 radical (unpaired) electrons. The highest BCUT2D eigenvalue weighted by Gasteiger charge is 2.52. The third-order valence-corrected chi connectivity index (χ3v) is 10.5. The van der Waals surface area contributed by atoms with Crippen molar-refractivity contribution in [1.29, 1.82) is 0 Å². The largest absolute Gasteiger partial charge is 0.432 e. The minimum Gasteiger partial charge on any atom is -0.432 e. The van der Waals surface area contributed by atoms with E-state index in [0.717, 1.165) is 16.8 Å². The lowest BCUT2D eigenvalue weighted by Crippen LogP contribution is -2.30. The van der Waals surface area contributed by atoms with Crippen LogP contribution < -0.4 is 10.1 Å². The molecule has 2 aliphatic rings. The van der Waals surface area contributed by atoms with E-state index in [1.165, 1.54) is 12.1 Å². The van der Waals surface area contributed by atoms with Gasteiger partial charge in [-0.1, -0.05) is 86.6 Å². The molecule has 54 heavy (non-hydrogen) atoms. The summed E-state index contributed by atoms with van der Waals surface area (Å²) in [5.74, 6) is -1.66. The maximum atomic E-state index is 16.0. The molecule has 1 aromatic heterocycles. The number of amides is 1. The highest BCUT2D eigenvalue weighted by molar-refractivity contribution is 6.02. The number of ether oxygens (including phenoxy) is 3. The second-order valence-electron chi connectivity index (χ2n) is 15.5. The molecule has 0 bridgehead atoms. The zero-order valence-corrected chi connectivity index (χ0v) is 30.9. The lowest BCUT2D eigenvalue weighted by molar-refractivity contribution is -0.192. The van der Waals surface area contributed by atoms with Gasteiger partial charge in [0.1, 0.15) is 11.6 Å².